The summed E-state index contributed by atoms with van der Waals surface area (Å²) in [5.41, 5.74) is 4.35. The van der Waals surface area contributed by atoms with Gasteiger partial charge in [0, 0.05) is 22.5 Å². The average Bonchev–Trinajstić information content (AvgIpc) is 3.51. The van der Waals surface area contributed by atoms with E-state index in [1.807, 2.05) is 0 Å². The van der Waals surface area contributed by atoms with Gasteiger partial charge in [-0.2, -0.15) is 10.2 Å². The van der Waals surface area contributed by atoms with Gasteiger partial charge in [-0.05, 0) is 82.3 Å². The van der Waals surface area contributed by atoms with Crippen LogP contribution in [0.15, 0.2) is 84.9 Å². The van der Waals surface area contributed by atoms with Gasteiger partial charge < -0.3 is 10.6 Å². The fraction of sp³-hybridized carbons (Fsp3) is 0.125. The van der Waals surface area contributed by atoms with Gasteiger partial charge in [-0.25, -0.2) is 9.36 Å². The fourth-order valence-corrected chi connectivity index (χ4v) is 4.65. The summed E-state index contributed by atoms with van der Waals surface area (Å²) >= 11 is 0. The molecule has 0 radical (unpaired) electrons. The zero-order chi connectivity index (χ0) is 30.0. The minimum Gasteiger partial charge on any atom is -0.321 e. The standard InChI is InChI=1S/C32H28N6O4/c1-19-16-21(3)37(35-19)31(41)25-12-5-7-14-27(25)33-29(39)23-10-9-11-24(18-23)30(40)34-28-15-8-6-13-26(28)32(42)38-22(4)17-20(2)36-38/h5-18H,1-4H3,(H,33,39)(H,34,40). The van der Waals surface area contributed by atoms with Gasteiger partial charge in [0.2, 0.25) is 0 Å². The Morgan fingerprint density at radius 2 is 0.952 bits per heavy atom. The summed E-state index contributed by atoms with van der Waals surface area (Å²) in [5.74, 6) is -1.76. The first-order valence-corrected chi connectivity index (χ1v) is 13.2. The Labute approximate surface area is 242 Å². The molecule has 10 nitrogen and oxygen atoms in total. The van der Waals surface area contributed by atoms with Gasteiger partial charge in [-0.3, -0.25) is 19.2 Å². The molecular weight excluding hydrogens is 532 g/mol. The molecule has 0 aliphatic heterocycles. The van der Waals surface area contributed by atoms with Crippen molar-refractivity contribution in [1.29, 1.82) is 0 Å². The summed E-state index contributed by atoms with van der Waals surface area (Å²) in [6.45, 7) is 7.16. The average molecular weight is 561 g/mol. The number of rotatable bonds is 6. The predicted molar refractivity (Wildman–Crippen MR) is 158 cm³/mol. The van der Waals surface area contributed by atoms with E-state index in [1.54, 1.807) is 107 Å². The number of aromatic nitrogens is 4. The van der Waals surface area contributed by atoms with E-state index in [2.05, 4.69) is 20.8 Å². The van der Waals surface area contributed by atoms with Crippen molar-refractivity contribution in [2.75, 3.05) is 10.6 Å². The lowest BCUT2D eigenvalue weighted by Gasteiger charge is -2.13. The number of carbonyl (C=O) groups is 4. The molecule has 0 unspecified atom stereocenters. The molecule has 5 aromatic rings. The highest BCUT2D eigenvalue weighted by molar-refractivity contribution is 6.12. The molecule has 42 heavy (non-hydrogen) atoms. The van der Waals surface area contributed by atoms with Gasteiger partial charge in [0.05, 0.1) is 33.9 Å². The van der Waals surface area contributed by atoms with Gasteiger partial charge in [0.25, 0.3) is 23.6 Å². The number of carbonyl (C=O) groups excluding carboxylic acids is 4. The maximum atomic E-state index is 13.2. The molecule has 0 saturated carbocycles. The number of para-hydroxylation sites is 2. The molecular formula is C32H28N6O4. The highest BCUT2D eigenvalue weighted by Gasteiger charge is 2.20. The van der Waals surface area contributed by atoms with Gasteiger partial charge in [-0.15, -0.1) is 0 Å². The molecule has 0 fully saturated rings. The van der Waals surface area contributed by atoms with E-state index in [1.165, 1.54) is 15.4 Å². The molecule has 2 N–H and O–H groups in total. The van der Waals surface area contributed by atoms with Crippen LogP contribution in [0, 0.1) is 27.7 Å². The Morgan fingerprint density at radius 3 is 1.33 bits per heavy atom. The summed E-state index contributed by atoms with van der Waals surface area (Å²) in [4.78, 5) is 52.8. The summed E-state index contributed by atoms with van der Waals surface area (Å²) in [6, 6.07) is 23.1. The monoisotopic (exact) mass is 560 g/mol. The number of amides is 2. The minimum atomic E-state index is -0.502. The first kappa shape index (κ1) is 27.9. The van der Waals surface area contributed by atoms with Gasteiger partial charge in [0.1, 0.15) is 0 Å². The molecule has 0 atom stereocenters. The van der Waals surface area contributed by atoms with Crippen LogP contribution in [0.1, 0.15) is 64.2 Å². The van der Waals surface area contributed by atoms with E-state index in [4.69, 9.17) is 0 Å². The van der Waals surface area contributed by atoms with Crippen LogP contribution in [-0.2, 0) is 0 Å². The largest absolute Gasteiger partial charge is 0.321 e. The van der Waals surface area contributed by atoms with E-state index in [0.717, 1.165) is 0 Å². The summed E-state index contributed by atoms with van der Waals surface area (Å²) in [7, 11) is 0. The lowest BCUT2D eigenvalue weighted by molar-refractivity contribution is 0.0934. The number of aryl methyl sites for hydroxylation is 4. The highest BCUT2D eigenvalue weighted by atomic mass is 16.2. The predicted octanol–water partition coefficient (Wildman–Crippen LogP) is 5.19. The molecule has 210 valence electrons. The Kier molecular flexibility index (Phi) is 7.61. The SMILES string of the molecule is Cc1cc(C)n(C(=O)c2ccccc2NC(=O)c2cccc(C(=O)Nc3ccccc3C(=O)n3nc(C)cc3C)c2)n1. The van der Waals surface area contributed by atoms with Crippen molar-refractivity contribution in [2.24, 2.45) is 0 Å². The second-order valence-corrected chi connectivity index (χ2v) is 9.87. The van der Waals surface area contributed by atoms with Gasteiger partial charge in [0.15, 0.2) is 0 Å². The van der Waals surface area contributed by atoms with E-state index in [9.17, 15) is 19.2 Å². The molecule has 0 spiro atoms. The van der Waals surface area contributed by atoms with Crippen molar-refractivity contribution in [2.45, 2.75) is 27.7 Å². The van der Waals surface area contributed by atoms with E-state index >= 15 is 0 Å². The normalized spacial score (nSPS) is 10.8. The van der Waals surface area contributed by atoms with E-state index in [-0.39, 0.29) is 34.1 Å². The summed E-state index contributed by atoms with van der Waals surface area (Å²) in [6.07, 6.45) is 0. The van der Waals surface area contributed by atoms with E-state index in [0.29, 0.717) is 34.2 Å². The maximum absolute atomic E-state index is 13.2. The zero-order valence-corrected chi connectivity index (χ0v) is 23.5. The number of anilines is 2. The zero-order valence-electron chi connectivity index (χ0n) is 23.5. The minimum absolute atomic E-state index is 0.211. The Bertz CT molecular complexity index is 1740. The molecule has 2 heterocycles. The Balaban J connectivity index is 1.36. The van der Waals surface area contributed by atoms with Crippen molar-refractivity contribution >= 4 is 35.0 Å². The molecule has 0 aliphatic carbocycles. The molecule has 0 saturated heterocycles. The third kappa shape index (κ3) is 5.64. The molecule has 5 rings (SSSR count). The number of benzene rings is 3. The van der Waals surface area contributed by atoms with Gasteiger partial charge in [-0.1, -0.05) is 30.3 Å². The van der Waals surface area contributed by atoms with Crippen LogP contribution in [0.2, 0.25) is 0 Å². The Hall–Kier alpha value is -5.64. The van der Waals surface area contributed by atoms with Crippen LogP contribution in [0.5, 0.6) is 0 Å². The van der Waals surface area contributed by atoms with Crippen molar-refractivity contribution < 1.29 is 19.2 Å². The van der Waals surface area contributed by atoms with Crippen molar-refractivity contribution in [3.8, 4) is 0 Å². The summed E-state index contributed by atoms with van der Waals surface area (Å²) in [5, 5.41) is 14.1. The molecule has 0 bridgehead atoms. The number of hydrogen-bond donors (Lipinski definition) is 2. The first-order chi connectivity index (χ1) is 20.1. The molecule has 10 heteroatoms. The van der Waals surface area contributed by atoms with Crippen LogP contribution in [-0.4, -0.2) is 43.2 Å². The highest BCUT2D eigenvalue weighted by Crippen LogP contribution is 2.21. The number of hydrogen-bond acceptors (Lipinski definition) is 6. The smallest absolute Gasteiger partial charge is 0.280 e. The van der Waals surface area contributed by atoms with Crippen LogP contribution in [0.3, 0.4) is 0 Å². The Morgan fingerprint density at radius 1 is 0.548 bits per heavy atom. The maximum Gasteiger partial charge on any atom is 0.280 e. The van der Waals surface area contributed by atoms with E-state index < -0.39 is 11.8 Å². The molecule has 3 aromatic carbocycles. The third-order valence-electron chi connectivity index (χ3n) is 6.60. The number of nitrogens with zero attached hydrogens (tertiary/aromatic N) is 4. The lowest BCUT2D eigenvalue weighted by Crippen LogP contribution is -2.21. The lowest BCUT2D eigenvalue weighted by atomic mass is 10.1. The first-order valence-electron chi connectivity index (χ1n) is 13.2. The van der Waals surface area contributed by atoms with Crippen molar-refractivity contribution in [3.63, 3.8) is 0 Å². The van der Waals surface area contributed by atoms with Gasteiger partial charge >= 0.3 is 0 Å². The van der Waals surface area contributed by atoms with Crippen LogP contribution in [0.4, 0.5) is 11.4 Å². The second kappa shape index (κ2) is 11.5. The second-order valence-electron chi connectivity index (χ2n) is 9.87. The van der Waals surface area contributed by atoms with Crippen molar-refractivity contribution in [1.82, 2.24) is 19.6 Å². The molecule has 0 aliphatic rings. The van der Waals surface area contributed by atoms with Crippen LogP contribution in [0.25, 0.3) is 0 Å². The fourth-order valence-electron chi connectivity index (χ4n) is 4.65. The third-order valence-corrected chi connectivity index (χ3v) is 6.60. The molecule has 2 aromatic heterocycles. The summed E-state index contributed by atoms with van der Waals surface area (Å²) < 4.78 is 2.59. The van der Waals surface area contributed by atoms with Crippen molar-refractivity contribution in [3.05, 3.63) is 130 Å². The van der Waals surface area contributed by atoms with Crippen LogP contribution < -0.4 is 10.6 Å². The number of nitrogens with one attached hydrogen (secondary N) is 2. The topological polar surface area (TPSA) is 128 Å². The van der Waals surface area contributed by atoms with Crippen LogP contribution >= 0.6 is 0 Å². The quantitative estimate of drug-likeness (QED) is 0.294. The molecule has 2 amide bonds.